The van der Waals surface area contributed by atoms with E-state index < -0.39 is 47.9 Å². The lowest BCUT2D eigenvalue weighted by Gasteiger charge is -2.14. The number of aromatic amines is 1. The van der Waals surface area contributed by atoms with E-state index in [9.17, 15) is 35.9 Å². The quantitative estimate of drug-likeness (QED) is 0.470. The number of hydrogen-bond donors (Lipinski definition) is 3. The van der Waals surface area contributed by atoms with Gasteiger partial charge < -0.3 is 24.7 Å². The number of aromatic nitrogens is 1. The van der Waals surface area contributed by atoms with E-state index in [1.54, 1.807) is 13.0 Å². The lowest BCUT2D eigenvalue weighted by Crippen LogP contribution is -2.21. The van der Waals surface area contributed by atoms with Gasteiger partial charge in [-0.3, -0.25) is 0 Å². The monoisotopic (exact) mass is 496 g/mol. The summed E-state index contributed by atoms with van der Waals surface area (Å²) in [5, 5.41) is 26.3. The maximum atomic E-state index is 12.3. The van der Waals surface area contributed by atoms with Crippen molar-refractivity contribution in [1.29, 1.82) is 5.26 Å². The summed E-state index contributed by atoms with van der Waals surface area (Å²) in [7, 11) is 0. The molecule has 0 amide bonds. The highest BCUT2D eigenvalue weighted by molar-refractivity contribution is 5.98. The van der Waals surface area contributed by atoms with Crippen molar-refractivity contribution in [2.45, 2.75) is 32.8 Å². The minimum absolute atomic E-state index is 0.0184. The number of carboxylic acids is 2. The molecule has 0 saturated carbocycles. The summed E-state index contributed by atoms with van der Waals surface area (Å²) in [6, 6.07) is 4.36. The molecule has 0 saturated heterocycles. The average Bonchev–Trinajstić information content (AvgIpc) is 3.13. The number of nitrogens with zero attached hydrogens (tertiary/aromatic N) is 1. The van der Waals surface area contributed by atoms with Crippen LogP contribution >= 0.6 is 0 Å². The fraction of sp³-hybridized carbons (Fsp3) is 0.350. The van der Waals surface area contributed by atoms with Crippen LogP contribution in [0.1, 0.15) is 50.2 Å². The van der Waals surface area contributed by atoms with Crippen molar-refractivity contribution in [2.75, 3.05) is 13.2 Å². The molecule has 3 N–H and O–H groups in total. The maximum absolute atomic E-state index is 12.3. The molecule has 1 heterocycles. The topological polar surface area (TPSA) is 133 Å². The second-order valence-corrected chi connectivity index (χ2v) is 6.45. The third-order valence-electron chi connectivity index (χ3n) is 4.04. The summed E-state index contributed by atoms with van der Waals surface area (Å²) < 4.78 is 82.1. The number of carbonyl (C=O) groups is 2. The normalized spacial score (nSPS) is 11.3. The summed E-state index contributed by atoms with van der Waals surface area (Å²) >= 11 is 0. The molecule has 0 bridgehead atoms. The zero-order chi connectivity index (χ0) is 26.3. The molecule has 0 fully saturated rings. The highest BCUT2D eigenvalue weighted by Gasteiger charge is 2.33. The van der Waals surface area contributed by atoms with Crippen LogP contribution in [-0.2, 0) is 17.5 Å². The van der Waals surface area contributed by atoms with Gasteiger partial charge in [0.15, 0.2) is 6.61 Å². The van der Waals surface area contributed by atoms with Gasteiger partial charge in [-0.05, 0) is 37.6 Å². The molecule has 0 radical (unpaired) electrons. The largest absolute Gasteiger partial charge is 0.483 e. The number of hydrogen-bond acceptors (Lipinski definition) is 5. The fourth-order valence-corrected chi connectivity index (χ4v) is 2.53. The number of benzene rings is 1. The Hall–Kier alpha value is -3.73. The highest BCUT2D eigenvalue weighted by Crippen LogP contribution is 2.30. The van der Waals surface area contributed by atoms with E-state index in [1.807, 2.05) is 0 Å². The summed E-state index contributed by atoms with van der Waals surface area (Å²) in [4.78, 5) is 23.9. The molecule has 8 nitrogen and oxygen atoms in total. The molecule has 0 aliphatic rings. The molecule has 2 aromatic rings. The number of nitrogens with one attached hydrogen (secondary N) is 1. The second-order valence-electron chi connectivity index (χ2n) is 6.45. The van der Waals surface area contributed by atoms with Crippen LogP contribution in [0.25, 0.3) is 0 Å². The Labute approximate surface area is 188 Å². The highest BCUT2D eigenvalue weighted by atomic mass is 19.4. The molecular formula is C20H18F6N2O6. The molecule has 0 aliphatic heterocycles. The molecule has 1 aromatic carbocycles. The van der Waals surface area contributed by atoms with Gasteiger partial charge in [0.1, 0.15) is 23.1 Å². The van der Waals surface area contributed by atoms with Gasteiger partial charge in [-0.1, -0.05) is 0 Å². The standard InChI is InChI=1S/C11H9F3O5.C9H9F3N2O/c1-5-6(9(15)16)2-3-7(8(5)10(17)18)19-4-11(12,13)14;1-2-15-5-7-6(4-13)3-8(14-7)9(10,11)12/h2-3H,4H2,1H3,(H,15,16)(H,17,18);3,14H,2,5H2,1H3. The maximum Gasteiger partial charge on any atom is 0.431 e. The van der Waals surface area contributed by atoms with Crippen molar-refractivity contribution in [3.8, 4) is 11.8 Å². The van der Waals surface area contributed by atoms with Crippen LogP contribution in [0.2, 0.25) is 0 Å². The third kappa shape index (κ3) is 8.00. The van der Waals surface area contributed by atoms with Crippen LogP contribution < -0.4 is 4.74 Å². The van der Waals surface area contributed by atoms with Gasteiger partial charge >= 0.3 is 24.3 Å². The first-order valence-corrected chi connectivity index (χ1v) is 9.19. The predicted molar refractivity (Wildman–Crippen MR) is 102 cm³/mol. The van der Waals surface area contributed by atoms with Crippen molar-refractivity contribution < 1.29 is 55.6 Å². The Balaban J connectivity index is 0.000000350. The van der Waals surface area contributed by atoms with Gasteiger partial charge in [0.05, 0.1) is 23.4 Å². The molecule has 1 aromatic heterocycles. The van der Waals surface area contributed by atoms with Gasteiger partial charge in [0, 0.05) is 6.61 Å². The number of ether oxygens (including phenoxy) is 2. The van der Waals surface area contributed by atoms with E-state index in [1.165, 1.54) is 6.92 Å². The zero-order valence-corrected chi connectivity index (χ0v) is 17.6. The number of H-pyrrole nitrogens is 1. The van der Waals surface area contributed by atoms with E-state index in [0.29, 0.717) is 6.61 Å². The number of halogens is 6. The Bertz CT molecular complexity index is 1070. The van der Waals surface area contributed by atoms with Crippen LogP contribution in [0.4, 0.5) is 26.3 Å². The minimum atomic E-state index is -4.62. The Morgan fingerprint density at radius 1 is 1.12 bits per heavy atom. The number of carboxylic acid groups (broad SMARTS) is 2. The Kier molecular flexibility index (Phi) is 9.50. The smallest absolute Gasteiger partial charge is 0.431 e. The number of nitriles is 1. The van der Waals surface area contributed by atoms with Gasteiger partial charge in [-0.15, -0.1) is 0 Å². The van der Waals surface area contributed by atoms with Crippen LogP contribution in [0, 0.1) is 18.3 Å². The summed E-state index contributed by atoms with van der Waals surface area (Å²) in [5.74, 6) is -3.45. The Morgan fingerprint density at radius 2 is 1.74 bits per heavy atom. The van der Waals surface area contributed by atoms with E-state index in [4.69, 9.17) is 20.2 Å². The van der Waals surface area contributed by atoms with Crippen molar-refractivity contribution in [1.82, 2.24) is 4.98 Å². The summed E-state index contributed by atoms with van der Waals surface area (Å²) in [5.41, 5.74) is -1.86. The molecule has 2 rings (SSSR count). The SMILES string of the molecule is CCOCc1[nH]c(C(F)(F)F)cc1C#N.Cc1c(C(=O)O)ccc(OCC(F)(F)F)c1C(=O)O. The van der Waals surface area contributed by atoms with Crippen LogP contribution in [-0.4, -0.2) is 46.5 Å². The molecule has 0 atom stereocenters. The molecule has 186 valence electrons. The van der Waals surface area contributed by atoms with Gasteiger partial charge in [0.2, 0.25) is 0 Å². The number of alkyl halides is 6. The molecular weight excluding hydrogens is 478 g/mol. The van der Waals surface area contributed by atoms with E-state index in [-0.39, 0.29) is 29.0 Å². The summed E-state index contributed by atoms with van der Waals surface area (Å²) in [6.07, 6.45) is -9.08. The zero-order valence-electron chi connectivity index (χ0n) is 17.6. The fourth-order valence-electron chi connectivity index (χ4n) is 2.53. The van der Waals surface area contributed by atoms with Gasteiger partial charge in [-0.2, -0.15) is 31.6 Å². The number of aromatic carboxylic acids is 2. The van der Waals surface area contributed by atoms with Gasteiger partial charge in [0.25, 0.3) is 0 Å². The van der Waals surface area contributed by atoms with E-state index in [0.717, 1.165) is 18.2 Å². The molecule has 0 unspecified atom stereocenters. The minimum Gasteiger partial charge on any atom is -0.483 e. The lowest BCUT2D eigenvalue weighted by molar-refractivity contribution is -0.153. The second kappa shape index (κ2) is 11.4. The van der Waals surface area contributed by atoms with Crippen LogP contribution in [0.5, 0.6) is 5.75 Å². The van der Waals surface area contributed by atoms with Crippen LogP contribution in [0.15, 0.2) is 18.2 Å². The lowest BCUT2D eigenvalue weighted by atomic mass is 10.0. The molecule has 14 heteroatoms. The van der Waals surface area contributed by atoms with Crippen LogP contribution in [0.3, 0.4) is 0 Å². The van der Waals surface area contributed by atoms with Crippen molar-refractivity contribution in [3.05, 3.63) is 51.8 Å². The first-order chi connectivity index (χ1) is 15.6. The van der Waals surface area contributed by atoms with Crippen molar-refractivity contribution in [3.63, 3.8) is 0 Å². The number of rotatable bonds is 7. The molecule has 0 aliphatic carbocycles. The van der Waals surface area contributed by atoms with E-state index >= 15 is 0 Å². The van der Waals surface area contributed by atoms with Crippen molar-refractivity contribution in [2.24, 2.45) is 0 Å². The molecule has 0 spiro atoms. The van der Waals surface area contributed by atoms with E-state index in [2.05, 4.69) is 9.72 Å². The average molecular weight is 496 g/mol. The third-order valence-corrected chi connectivity index (χ3v) is 4.04. The Morgan fingerprint density at radius 3 is 2.18 bits per heavy atom. The first kappa shape index (κ1) is 28.3. The van der Waals surface area contributed by atoms with Gasteiger partial charge in [-0.25, -0.2) is 9.59 Å². The predicted octanol–water partition coefficient (Wildman–Crippen LogP) is 4.77. The summed E-state index contributed by atoms with van der Waals surface area (Å²) in [6.45, 7) is 1.62. The first-order valence-electron chi connectivity index (χ1n) is 9.19. The van der Waals surface area contributed by atoms with Crippen molar-refractivity contribution >= 4 is 11.9 Å². The molecule has 34 heavy (non-hydrogen) atoms.